The van der Waals surface area contributed by atoms with Crippen LogP contribution in [0.15, 0.2) is 36.5 Å². The maximum absolute atomic E-state index is 12.6. The Morgan fingerprint density at radius 2 is 1.84 bits per heavy atom. The lowest BCUT2D eigenvalue weighted by Crippen LogP contribution is -2.33. The third-order valence-electron chi connectivity index (χ3n) is 4.18. The van der Waals surface area contributed by atoms with E-state index >= 15 is 0 Å². The lowest BCUT2D eigenvalue weighted by molar-refractivity contribution is -0.0500. The number of fused-ring (bicyclic) bond motifs is 1. The smallest absolute Gasteiger partial charge is 0.387 e. The Hall–Kier alpha value is -2.70. The number of nitrogens with zero attached hydrogens (tertiary/aromatic N) is 2. The molecule has 0 saturated heterocycles. The number of rotatable bonds is 4. The van der Waals surface area contributed by atoms with Gasteiger partial charge < -0.3 is 14.4 Å². The second-order valence-electron chi connectivity index (χ2n) is 5.68. The van der Waals surface area contributed by atoms with Gasteiger partial charge in [-0.1, -0.05) is 6.07 Å². The molecule has 1 aromatic heterocycles. The van der Waals surface area contributed by atoms with Crippen LogP contribution in [0.1, 0.15) is 21.6 Å². The molecule has 2 aromatic rings. The minimum absolute atomic E-state index is 0.0677. The van der Waals surface area contributed by atoms with Gasteiger partial charge in [0.05, 0.1) is 13.3 Å². The molecule has 0 spiro atoms. The Morgan fingerprint density at radius 1 is 1.12 bits per heavy atom. The molecule has 0 N–H and O–H groups in total. The Bertz CT molecular complexity index is 750. The summed E-state index contributed by atoms with van der Waals surface area (Å²) in [5, 5.41) is 0. The number of hydrogen-bond donors (Lipinski definition) is 0. The first-order valence-corrected chi connectivity index (χ1v) is 7.93. The number of aromatic nitrogens is 1. The Morgan fingerprint density at radius 3 is 2.48 bits per heavy atom. The molecule has 0 radical (unpaired) electrons. The van der Waals surface area contributed by atoms with Crippen LogP contribution in [0.5, 0.6) is 11.5 Å². The summed E-state index contributed by atoms with van der Waals surface area (Å²) in [5.41, 5.74) is 2.58. The molecule has 1 aromatic carbocycles. The molecule has 0 atom stereocenters. The fourth-order valence-electron chi connectivity index (χ4n) is 2.87. The highest BCUT2D eigenvalue weighted by atomic mass is 19.3. The largest absolute Gasteiger partial charge is 0.497 e. The zero-order valence-corrected chi connectivity index (χ0v) is 13.7. The van der Waals surface area contributed by atoms with Crippen molar-refractivity contribution in [2.45, 2.75) is 19.5 Å². The third kappa shape index (κ3) is 4.04. The summed E-state index contributed by atoms with van der Waals surface area (Å²) in [6.07, 6.45) is 2.61. The van der Waals surface area contributed by atoms with Crippen LogP contribution in [0.4, 0.5) is 8.78 Å². The summed E-state index contributed by atoms with van der Waals surface area (Å²) in [5.74, 6) is 0.514. The van der Waals surface area contributed by atoms with Crippen LogP contribution in [-0.4, -0.2) is 42.6 Å². The number of benzene rings is 1. The van der Waals surface area contributed by atoms with E-state index in [1.54, 1.807) is 12.0 Å². The van der Waals surface area contributed by atoms with Gasteiger partial charge in [0, 0.05) is 13.1 Å². The number of amides is 1. The predicted octanol–water partition coefficient (Wildman–Crippen LogP) is 2.93. The van der Waals surface area contributed by atoms with Crippen LogP contribution in [-0.2, 0) is 12.8 Å². The molecule has 0 unspecified atom stereocenters. The fourth-order valence-corrected chi connectivity index (χ4v) is 2.87. The van der Waals surface area contributed by atoms with Gasteiger partial charge in [0.15, 0.2) is 0 Å². The van der Waals surface area contributed by atoms with Crippen molar-refractivity contribution in [1.82, 2.24) is 9.88 Å². The molecule has 132 valence electrons. The molecule has 0 aliphatic carbocycles. The van der Waals surface area contributed by atoms with Gasteiger partial charge in [-0.05, 0) is 48.2 Å². The normalized spacial score (nSPS) is 14.0. The Labute approximate surface area is 144 Å². The number of carbonyl (C=O) groups excluding carboxylic acids is 1. The van der Waals surface area contributed by atoms with Gasteiger partial charge in [-0.3, -0.25) is 4.79 Å². The first-order valence-electron chi connectivity index (χ1n) is 7.93. The molecule has 25 heavy (non-hydrogen) atoms. The second kappa shape index (κ2) is 7.46. The maximum Gasteiger partial charge on any atom is 0.387 e. The average molecular weight is 348 g/mol. The van der Waals surface area contributed by atoms with E-state index in [0.29, 0.717) is 13.1 Å². The van der Waals surface area contributed by atoms with Gasteiger partial charge >= 0.3 is 6.61 Å². The molecule has 5 nitrogen and oxygen atoms in total. The van der Waals surface area contributed by atoms with Crippen molar-refractivity contribution in [3.05, 3.63) is 53.3 Å². The minimum Gasteiger partial charge on any atom is -0.497 e. The van der Waals surface area contributed by atoms with Crippen molar-refractivity contribution < 1.29 is 23.0 Å². The van der Waals surface area contributed by atoms with E-state index in [0.717, 1.165) is 24.8 Å². The number of methoxy groups -OCH3 is 1. The van der Waals surface area contributed by atoms with E-state index in [1.807, 2.05) is 18.2 Å². The highest BCUT2D eigenvalue weighted by molar-refractivity contribution is 5.92. The SMILES string of the molecule is COc1ccc2c(c1)CCN(C(=O)c1ccc(OC(F)F)cn1)CC2. The van der Waals surface area contributed by atoms with Crippen molar-refractivity contribution >= 4 is 5.91 Å². The van der Waals surface area contributed by atoms with Crippen LogP contribution in [0.3, 0.4) is 0 Å². The first-order chi connectivity index (χ1) is 12.1. The quantitative estimate of drug-likeness (QED) is 0.853. The van der Waals surface area contributed by atoms with Crippen molar-refractivity contribution in [2.75, 3.05) is 20.2 Å². The van der Waals surface area contributed by atoms with E-state index in [4.69, 9.17) is 4.74 Å². The Kier molecular flexibility index (Phi) is 5.11. The molecule has 3 rings (SSSR count). The summed E-state index contributed by atoms with van der Waals surface area (Å²) in [6.45, 7) is -1.77. The molecular weight excluding hydrogens is 330 g/mol. The van der Waals surface area contributed by atoms with Crippen LogP contribution < -0.4 is 9.47 Å². The highest BCUT2D eigenvalue weighted by Crippen LogP contribution is 2.22. The molecule has 1 amide bonds. The lowest BCUT2D eigenvalue weighted by atomic mass is 10.0. The molecule has 0 saturated carbocycles. The molecular formula is C18H18F2N2O3. The second-order valence-corrected chi connectivity index (χ2v) is 5.68. The van der Waals surface area contributed by atoms with E-state index in [-0.39, 0.29) is 17.4 Å². The molecule has 1 aliphatic heterocycles. The van der Waals surface area contributed by atoms with Gasteiger partial charge in [0.1, 0.15) is 17.2 Å². The van der Waals surface area contributed by atoms with Crippen LogP contribution in [0, 0.1) is 0 Å². The van der Waals surface area contributed by atoms with Crippen LogP contribution in [0.2, 0.25) is 0 Å². The summed E-state index contributed by atoms with van der Waals surface area (Å²) in [7, 11) is 1.63. The number of halogens is 2. The lowest BCUT2D eigenvalue weighted by Gasteiger charge is -2.19. The number of ether oxygens (including phenoxy) is 2. The van der Waals surface area contributed by atoms with Crippen molar-refractivity contribution in [3.63, 3.8) is 0 Å². The van der Waals surface area contributed by atoms with Gasteiger partial charge in [-0.25, -0.2) is 4.98 Å². The zero-order chi connectivity index (χ0) is 17.8. The number of pyridine rings is 1. The minimum atomic E-state index is -2.91. The summed E-state index contributed by atoms with van der Waals surface area (Å²) in [4.78, 5) is 18.3. The van der Waals surface area contributed by atoms with Gasteiger partial charge in [0.2, 0.25) is 0 Å². The highest BCUT2D eigenvalue weighted by Gasteiger charge is 2.21. The topological polar surface area (TPSA) is 51.7 Å². The van der Waals surface area contributed by atoms with Crippen molar-refractivity contribution in [3.8, 4) is 11.5 Å². The Balaban J connectivity index is 1.69. The number of carbonyl (C=O) groups is 1. The van der Waals surface area contributed by atoms with E-state index < -0.39 is 6.61 Å². The maximum atomic E-state index is 12.6. The zero-order valence-electron chi connectivity index (χ0n) is 13.7. The predicted molar refractivity (Wildman–Crippen MR) is 87.2 cm³/mol. The van der Waals surface area contributed by atoms with E-state index in [1.165, 1.54) is 23.3 Å². The summed E-state index contributed by atoms with van der Waals surface area (Å²) >= 11 is 0. The van der Waals surface area contributed by atoms with Crippen molar-refractivity contribution in [1.29, 1.82) is 0 Å². The van der Waals surface area contributed by atoms with E-state index in [2.05, 4.69) is 9.72 Å². The summed E-state index contributed by atoms with van der Waals surface area (Å²) in [6, 6.07) is 8.67. The summed E-state index contributed by atoms with van der Waals surface area (Å²) < 4.78 is 33.8. The third-order valence-corrected chi connectivity index (χ3v) is 4.18. The molecule has 0 fully saturated rings. The van der Waals surface area contributed by atoms with Crippen LogP contribution in [0.25, 0.3) is 0 Å². The standard InChI is InChI=1S/C18H18F2N2O3/c1-24-14-3-2-12-6-8-22(9-7-13(12)10-14)17(23)16-5-4-15(11-21-16)25-18(19)20/h2-5,10-11,18H,6-9H2,1H3. The number of alkyl halides is 2. The molecule has 0 bridgehead atoms. The van der Waals surface area contributed by atoms with Gasteiger partial charge in [-0.15, -0.1) is 0 Å². The average Bonchev–Trinajstić information content (AvgIpc) is 2.83. The van der Waals surface area contributed by atoms with Gasteiger partial charge in [-0.2, -0.15) is 8.78 Å². The van der Waals surface area contributed by atoms with E-state index in [9.17, 15) is 13.6 Å². The molecule has 1 aliphatic rings. The van der Waals surface area contributed by atoms with Crippen LogP contribution >= 0.6 is 0 Å². The monoisotopic (exact) mass is 348 g/mol. The molecule has 7 heteroatoms. The van der Waals surface area contributed by atoms with Crippen molar-refractivity contribution in [2.24, 2.45) is 0 Å². The first kappa shape index (κ1) is 17.1. The fraction of sp³-hybridized carbons (Fsp3) is 0.333. The van der Waals surface area contributed by atoms with Gasteiger partial charge in [0.25, 0.3) is 5.91 Å². The molecule has 2 heterocycles. The number of hydrogen-bond acceptors (Lipinski definition) is 4.